The van der Waals surface area contributed by atoms with Gasteiger partial charge in [0.15, 0.2) is 5.75 Å². The molecule has 2 aromatic heterocycles. The Morgan fingerprint density at radius 3 is 2.58 bits per heavy atom. The van der Waals surface area contributed by atoms with Gasteiger partial charge in [-0.1, -0.05) is 19.1 Å². The minimum absolute atomic E-state index is 0.104. The maximum Gasteiger partial charge on any atom is 0.416 e. The van der Waals surface area contributed by atoms with Crippen molar-refractivity contribution in [3.63, 3.8) is 0 Å². The van der Waals surface area contributed by atoms with Crippen LogP contribution in [0.25, 0.3) is 5.52 Å². The molecule has 45 heavy (non-hydrogen) atoms. The van der Waals surface area contributed by atoms with E-state index < -0.39 is 17.8 Å². The second kappa shape index (κ2) is 12.4. The quantitative estimate of drug-likeness (QED) is 0.273. The van der Waals surface area contributed by atoms with Crippen molar-refractivity contribution in [3.8, 4) is 17.6 Å². The van der Waals surface area contributed by atoms with Gasteiger partial charge in [-0.2, -0.15) is 23.5 Å². The van der Waals surface area contributed by atoms with Gasteiger partial charge in [0.2, 0.25) is 0 Å². The molecule has 1 N–H and O–H groups in total. The highest BCUT2D eigenvalue weighted by molar-refractivity contribution is 5.90. The first-order valence-electron chi connectivity index (χ1n) is 15.0. The molecule has 2 amide bonds. The summed E-state index contributed by atoms with van der Waals surface area (Å²) in [6.07, 6.45) is -0.754. The van der Waals surface area contributed by atoms with Gasteiger partial charge in [-0.25, -0.2) is 9.31 Å². The maximum absolute atomic E-state index is 14.1. The standard InChI is InChI=1S/C33H34F3N7O2/c1-3-40-12-14-41(15-13-40)21-25-4-6-26(17-29(25)33(34,35)36)39-32(44)42-11-9-24-5-7-27(18-28(24)22(42)2)45-31-8-10-38-43-20-23(19-37)16-30(31)43/h4-8,10,16-18,20,22H,3,9,11-15,21H2,1-2H3,(H,39,44)/t22-/m0/s1. The lowest BCUT2D eigenvalue weighted by Crippen LogP contribution is -2.45. The number of urea groups is 1. The highest BCUT2D eigenvalue weighted by Gasteiger charge is 2.35. The van der Waals surface area contributed by atoms with Crippen molar-refractivity contribution in [3.05, 3.63) is 88.7 Å². The fraction of sp³-hybridized carbons (Fsp3) is 0.364. The molecule has 2 aromatic carbocycles. The van der Waals surface area contributed by atoms with E-state index in [4.69, 9.17) is 4.74 Å². The lowest BCUT2D eigenvalue weighted by molar-refractivity contribution is -0.138. The van der Waals surface area contributed by atoms with E-state index in [2.05, 4.69) is 28.3 Å². The Morgan fingerprint density at radius 1 is 1.07 bits per heavy atom. The smallest absolute Gasteiger partial charge is 0.416 e. The molecule has 1 saturated heterocycles. The van der Waals surface area contributed by atoms with Crippen molar-refractivity contribution in [2.45, 2.75) is 39.0 Å². The van der Waals surface area contributed by atoms with Crippen molar-refractivity contribution in [1.29, 1.82) is 5.26 Å². The van der Waals surface area contributed by atoms with Crippen molar-refractivity contribution in [2.24, 2.45) is 0 Å². The molecule has 0 spiro atoms. The molecule has 6 rings (SSSR count). The van der Waals surface area contributed by atoms with Gasteiger partial charge in [0, 0.05) is 57.2 Å². The average Bonchev–Trinajstić information content (AvgIpc) is 3.47. The Kier molecular flexibility index (Phi) is 8.40. The number of ether oxygens (including phenoxy) is 1. The van der Waals surface area contributed by atoms with Gasteiger partial charge < -0.3 is 19.9 Å². The first kappa shape index (κ1) is 30.4. The highest BCUT2D eigenvalue weighted by Crippen LogP contribution is 2.37. The zero-order valence-corrected chi connectivity index (χ0v) is 25.1. The molecule has 4 heterocycles. The molecule has 4 aromatic rings. The van der Waals surface area contributed by atoms with Crippen LogP contribution in [-0.2, 0) is 19.1 Å². The van der Waals surface area contributed by atoms with Gasteiger partial charge in [-0.3, -0.25) is 4.90 Å². The van der Waals surface area contributed by atoms with Crippen LogP contribution in [0.4, 0.5) is 23.7 Å². The van der Waals surface area contributed by atoms with Gasteiger partial charge in [-0.15, -0.1) is 0 Å². The number of carbonyl (C=O) groups excluding carboxylic acids is 1. The number of nitriles is 1. The summed E-state index contributed by atoms with van der Waals surface area (Å²) in [5.41, 5.74) is 2.64. The van der Waals surface area contributed by atoms with Crippen LogP contribution in [0.3, 0.4) is 0 Å². The number of halogens is 3. The molecule has 12 heteroatoms. The summed E-state index contributed by atoms with van der Waals surface area (Å²) in [7, 11) is 0. The summed E-state index contributed by atoms with van der Waals surface area (Å²) in [4.78, 5) is 19.4. The molecular formula is C33H34F3N7O2. The zero-order chi connectivity index (χ0) is 31.7. The number of carbonyl (C=O) groups is 1. The second-order valence-electron chi connectivity index (χ2n) is 11.5. The predicted molar refractivity (Wildman–Crippen MR) is 163 cm³/mol. The second-order valence-corrected chi connectivity index (χ2v) is 11.5. The van der Waals surface area contributed by atoms with Crippen LogP contribution in [0.2, 0.25) is 0 Å². The van der Waals surface area contributed by atoms with Crippen molar-refractivity contribution in [2.75, 3.05) is 44.6 Å². The number of aromatic nitrogens is 2. The maximum atomic E-state index is 14.1. The SMILES string of the molecule is CCN1CCN(Cc2ccc(NC(=O)N3CCc4ccc(Oc5ccnn6cc(C#N)cc56)cc4[C@@H]3C)cc2C(F)(F)F)CC1. The Labute approximate surface area is 259 Å². The van der Waals surface area contributed by atoms with E-state index in [0.29, 0.717) is 48.6 Å². The predicted octanol–water partition coefficient (Wildman–Crippen LogP) is 6.31. The minimum atomic E-state index is -4.55. The number of nitrogens with zero attached hydrogens (tertiary/aromatic N) is 6. The lowest BCUT2D eigenvalue weighted by Gasteiger charge is -2.35. The van der Waals surface area contributed by atoms with E-state index in [9.17, 15) is 23.2 Å². The normalized spacial score (nSPS) is 17.6. The number of anilines is 1. The lowest BCUT2D eigenvalue weighted by atomic mass is 9.93. The Morgan fingerprint density at radius 2 is 1.84 bits per heavy atom. The van der Waals surface area contributed by atoms with Crippen LogP contribution in [-0.4, -0.2) is 69.6 Å². The molecule has 234 valence electrons. The summed E-state index contributed by atoms with van der Waals surface area (Å²) in [5.74, 6) is 1.08. The number of alkyl halides is 3. The number of piperazine rings is 1. The molecule has 1 fully saturated rings. The average molecular weight is 618 g/mol. The van der Waals surface area contributed by atoms with Gasteiger partial charge in [0.1, 0.15) is 17.3 Å². The molecule has 1 atom stereocenters. The monoisotopic (exact) mass is 617 g/mol. The zero-order valence-electron chi connectivity index (χ0n) is 25.1. The first-order valence-corrected chi connectivity index (χ1v) is 15.0. The van der Waals surface area contributed by atoms with E-state index in [-0.39, 0.29) is 23.8 Å². The molecule has 0 radical (unpaired) electrons. The van der Waals surface area contributed by atoms with E-state index in [1.807, 2.05) is 30.0 Å². The van der Waals surface area contributed by atoms with Crippen LogP contribution in [0, 0.1) is 11.3 Å². The molecule has 0 bridgehead atoms. The summed E-state index contributed by atoms with van der Waals surface area (Å²) >= 11 is 0. The number of benzene rings is 2. The molecular weight excluding hydrogens is 583 g/mol. The van der Waals surface area contributed by atoms with Crippen LogP contribution in [0.1, 0.15) is 47.7 Å². The van der Waals surface area contributed by atoms with Crippen LogP contribution in [0.5, 0.6) is 11.5 Å². The van der Waals surface area contributed by atoms with Crippen LogP contribution < -0.4 is 10.1 Å². The molecule has 0 saturated carbocycles. The number of nitrogens with one attached hydrogen (secondary N) is 1. The molecule has 2 aliphatic heterocycles. The number of amides is 2. The number of hydrogen-bond acceptors (Lipinski definition) is 6. The van der Waals surface area contributed by atoms with Gasteiger partial charge in [0.25, 0.3) is 0 Å². The number of hydrogen-bond donors (Lipinski definition) is 1. The Balaban J connectivity index is 1.17. The number of fused-ring (bicyclic) bond motifs is 2. The third-order valence-electron chi connectivity index (χ3n) is 8.72. The summed E-state index contributed by atoms with van der Waals surface area (Å²) < 4.78 is 50.2. The molecule has 2 aliphatic rings. The van der Waals surface area contributed by atoms with Crippen molar-refractivity contribution < 1.29 is 22.7 Å². The van der Waals surface area contributed by atoms with E-state index in [0.717, 1.165) is 36.8 Å². The third-order valence-corrected chi connectivity index (χ3v) is 8.72. The minimum Gasteiger partial charge on any atom is -0.455 e. The van der Waals surface area contributed by atoms with E-state index in [1.54, 1.807) is 40.0 Å². The molecule has 0 unspecified atom stereocenters. The first-order chi connectivity index (χ1) is 21.6. The van der Waals surface area contributed by atoms with E-state index >= 15 is 0 Å². The van der Waals surface area contributed by atoms with E-state index in [1.165, 1.54) is 6.07 Å². The highest BCUT2D eigenvalue weighted by atomic mass is 19.4. The van der Waals surface area contributed by atoms with Crippen molar-refractivity contribution in [1.82, 2.24) is 24.3 Å². The van der Waals surface area contributed by atoms with Crippen LogP contribution in [0.15, 0.2) is 60.9 Å². The molecule has 0 aliphatic carbocycles. The fourth-order valence-electron chi connectivity index (χ4n) is 6.15. The van der Waals surface area contributed by atoms with Gasteiger partial charge in [0.05, 0.1) is 23.4 Å². The summed E-state index contributed by atoms with van der Waals surface area (Å²) in [6.45, 7) is 8.62. The van der Waals surface area contributed by atoms with Gasteiger partial charge >= 0.3 is 12.2 Å². The topological polar surface area (TPSA) is 89.1 Å². The number of rotatable bonds is 6. The Bertz CT molecular complexity index is 1760. The number of likely N-dealkylation sites (N-methyl/N-ethyl adjacent to an activating group) is 1. The Hall–Kier alpha value is -4.60. The summed E-state index contributed by atoms with van der Waals surface area (Å²) in [5, 5.41) is 16.2. The van der Waals surface area contributed by atoms with Gasteiger partial charge in [-0.05, 0) is 66.9 Å². The third kappa shape index (κ3) is 6.45. The molecule has 9 nitrogen and oxygen atoms in total. The van der Waals surface area contributed by atoms with Crippen LogP contribution >= 0.6 is 0 Å². The fourth-order valence-corrected chi connectivity index (χ4v) is 6.15. The van der Waals surface area contributed by atoms with Crippen molar-refractivity contribution >= 4 is 17.2 Å². The summed E-state index contributed by atoms with van der Waals surface area (Å²) in [6, 6.07) is 14.5. The largest absolute Gasteiger partial charge is 0.455 e.